The molecule has 1 saturated heterocycles. The number of fused-ring (bicyclic) bond motifs is 1. The number of nitrogens with one attached hydrogen (secondary N) is 1. The second-order valence-electron chi connectivity index (χ2n) is 9.03. The molecule has 0 saturated carbocycles. The van der Waals surface area contributed by atoms with E-state index in [-0.39, 0.29) is 5.56 Å². The highest BCUT2D eigenvalue weighted by Gasteiger charge is 2.28. The van der Waals surface area contributed by atoms with Crippen LogP contribution in [0.5, 0.6) is 0 Å². The van der Waals surface area contributed by atoms with Crippen molar-refractivity contribution in [2.45, 2.75) is 39.5 Å². The number of nitrogens with zero attached hydrogens (tertiary/aromatic N) is 2. The molecule has 2 aromatic heterocycles. The fraction of sp³-hybridized carbons (Fsp3) is 0.480. The number of ether oxygens (including phenoxy) is 1. The van der Waals surface area contributed by atoms with Crippen LogP contribution in [0.15, 0.2) is 29.2 Å². The maximum atomic E-state index is 12.4. The van der Waals surface area contributed by atoms with Crippen LogP contribution < -0.4 is 5.56 Å². The minimum atomic E-state index is 0.0729. The van der Waals surface area contributed by atoms with Gasteiger partial charge in [-0.25, -0.2) is 0 Å². The number of aromatic nitrogens is 2. The third kappa shape index (κ3) is 3.50. The van der Waals surface area contributed by atoms with Crippen LogP contribution in [0.25, 0.3) is 22.2 Å². The van der Waals surface area contributed by atoms with Gasteiger partial charge < -0.3 is 14.3 Å². The minimum absolute atomic E-state index is 0.0729. The predicted molar refractivity (Wildman–Crippen MR) is 124 cm³/mol. The van der Waals surface area contributed by atoms with Gasteiger partial charge in [0, 0.05) is 67.9 Å². The van der Waals surface area contributed by atoms with Gasteiger partial charge in [-0.1, -0.05) is 19.9 Å². The lowest BCUT2D eigenvalue weighted by Gasteiger charge is -2.39. The van der Waals surface area contributed by atoms with Crippen LogP contribution in [0.4, 0.5) is 0 Å². The lowest BCUT2D eigenvalue weighted by Crippen LogP contribution is -2.46. The van der Waals surface area contributed by atoms with Gasteiger partial charge in [-0.2, -0.15) is 0 Å². The summed E-state index contributed by atoms with van der Waals surface area (Å²) in [5.74, 6) is 0.965. The zero-order chi connectivity index (χ0) is 21.6. The van der Waals surface area contributed by atoms with Crippen molar-refractivity contribution < 1.29 is 4.74 Å². The second kappa shape index (κ2) is 8.05. The molecular formula is C25H33N3O2. The van der Waals surface area contributed by atoms with Crippen LogP contribution in [0.3, 0.4) is 0 Å². The molecule has 0 atom stereocenters. The van der Waals surface area contributed by atoms with Gasteiger partial charge in [-0.15, -0.1) is 0 Å². The van der Waals surface area contributed by atoms with Gasteiger partial charge in [0.1, 0.15) is 0 Å². The lowest BCUT2D eigenvalue weighted by atomic mass is 9.88. The van der Waals surface area contributed by atoms with Gasteiger partial charge in [0.15, 0.2) is 0 Å². The predicted octanol–water partition coefficient (Wildman–Crippen LogP) is 4.32. The van der Waals surface area contributed by atoms with Crippen LogP contribution >= 0.6 is 0 Å². The molecule has 3 heterocycles. The molecule has 0 bridgehead atoms. The van der Waals surface area contributed by atoms with Gasteiger partial charge in [-0.05, 0) is 48.6 Å². The first-order chi connectivity index (χ1) is 14.3. The fourth-order valence-corrected chi connectivity index (χ4v) is 4.71. The van der Waals surface area contributed by atoms with Crippen LogP contribution in [0.2, 0.25) is 0 Å². The summed E-state index contributed by atoms with van der Waals surface area (Å²) in [6.07, 6.45) is 1.97. The van der Waals surface area contributed by atoms with E-state index in [1.807, 2.05) is 20.2 Å². The van der Waals surface area contributed by atoms with E-state index >= 15 is 0 Å². The summed E-state index contributed by atoms with van der Waals surface area (Å²) >= 11 is 0. The Hall–Kier alpha value is -2.37. The number of pyridine rings is 1. The molecule has 0 amide bonds. The molecule has 160 valence electrons. The van der Waals surface area contributed by atoms with Crippen molar-refractivity contribution in [3.63, 3.8) is 0 Å². The number of rotatable bonds is 6. The van der Waals surface area contributed by atoms with E-state index in [9.17, 15) is 4.79 Å². The summed E-state index contributed by atoms with van der Waals surface area (Å²) in [4.78, 5) is 18.5. The Morgan fingerprint density at radius 2 is 1.93 bits per heavy atom. The summed E-state index contributed by atoms with van der Waals surface area (Å²) in [6, 6.07) is 6.87. The lowest BCUT2D eigenvalue weighted by molar-refractivity contribution is 0.0943. The maximum Gasteiger partial charge on any atom is 0.253 e. The second-order valence-corrected chi connectivity index (χ2v) is 9.03. The van der Waals surface area contributed by atoms with E-state index in [0.717, 1.165) is 48.6 Å². The van der Waals surface area contributed by atoms with E-state index in [2.05, 4.69) is 48.9 Å². The first kappa shape index (κ1) is 20.9. The molecule has 0 spiro atoms. The average molecular weight is 408 g/mol. The highest BCUT2D eigenvalue weighted by molar-refractivity contribution is 5.92. The van der Waals surface area contributed by atoms with E-state index in [1.54, 1.807) is 11.7 Å². The van der Waals surface area contributed by atoms with E-state index in [4.69, 9.17) is 4.74 Å². The zero-order valence-electron chi connectivity index (χ0n) is 19.0. The van der Waals surface area contributed by atoms with Gasteiger partial charge in [0.25, 0.3) is 5.56 Å². The SMILES string of the molecule is COCCN1CC(c2ccc3[nH]c(-c4cn(C)c(=O)c(C)c4C)c(C(C)C)c3c2)C1. The van der Waals surface area contributed by atoms with Crippen molar-refractivity contribution in [2.75, 3.05) is 33.4 Å². The summed E-state index contributed by atoms with van der Waals surface area (Å²) in [7, 11) is 3.59. The van der Waals surface area contributed by atoms with E-state index < -0.39 is 0 Å². The number of H-pyrrole nitrogens is 1. The Balaban J connectivity index is 1.77. The number of hydrogen-bond donors (Lipinski definition) is 1. The molecule has 5 heteroatoms. The molecule has 1 N–H and O–H groups in total. The van der Waals surface area contributed by atoms with Gasteiger partial charge in [-0.3, -0.25) is 9.69 Å². The number of aromatic amines is 1. The van der Waals surface area contributed by atoms with Crippen molar-refractivity contribution in [1.29, 1.82) is 0 Å². The van der Waals surface area contributed by atoms with Gasteiger partial charge in [0.2, 0.25) is 0 Å². The molecule has 1 aromatic carbocycles. The Morgan fingerprint density at radius 1 is 1.20 bits per heavy atom. The standard InChI is InChI=1S/C25H33N3O2/c1-15(2)23-20-11-18(19-12-28(13-19)9-10-30-6)7-8-22(20)26-24(23)21-14-27(5)25(29)17(4)16(21)3/h7-8,11,14-15,19,26H,9-10,12-13H2,1-6H3. The van der Waals surface area contributed by atoms with Crippen LogP contribution in [0.1, 0.15) is 47.9 Å². The molecule has 0 aliphatic carbocycles. The number of hydrogen-bond acceptors (Lipinski definition) is 3. The molecule has 3 aromatic rings. The molecule has 30 heavy (non-hydrogen) atoms. The molecule has 5 nitrogen and oxygen atoms in total. The van der Waals surface area contributed by atoms with Crippen molar-refractivity contribution in [1.82, 2.24) is 14.5 Å². The summed E-state index contributed by atoms with van der Waals surface area (Å²) in [5.41, 5.74) is 8.12. The Bertz CT molecular complexity index is 1130. The van der Waals surface area contributed by atoms with Crippen molar-refractivity contribution in [3.8, 4) is 11.3 Å². The van der Waals surface area contributed by atoms with Crippen LogP contribution in [-0.4, -0.2) is 47.8 Å². The molecule has 0 unspecified atom stereocenters. The first-order valence-electron chi connectivity index (χ1n) is 10.9. The monoisotopic (exact) mass is 407 g/mol. The summed E-state index contributed by atoms with van der Waals surface area (Å²) in [6.45, 7) is 12.5. The molecule has 1 aliphatic heterocycles. The largest absolute Gasteiger partial charge is 0.383 e. The molecule has 4 rings (SSSR count). The molecule has 1 aliphatic rings. The number of aryl methyl sites for hydroxylation is 1. The van der Waals surface area contributed by atoms with E-state index in [1.165, 1.54) is 22.0 Å². The molecular weight excluding hydrogens is 374 g/mol. The Morgan fingerprint density at radius 3 is 2.60 bits per heavy atom. The van der Waals surface area contributed by atoms with Crippen LogP contribution in [-0.2, 0) is 11.8 Å². The Kier molecular flexibility index (Phi) is 5.60. The maximum absolute atomic E-state index is 12.4. The summed E-state index contributed by atoms with van der Waals surface area (Å²) in [5, 5.41) is 1.30. The highest BCUT2D eigenvalue weighted by atomic mass is 16.5. The van der Waals surface area contributed by atoms with Gasteiger partial charge >= 0.3 is 0 Å². The minimum Gasteiger partial charge on any atom is -0.383 e. The van der Waals surface area contributed by atoms with Crippen molar-refractivity contribution in [3.05, 3.63) is 57.0 Å². The smallest absolute Gasteiger partial charge is 0.253 e. The number of methoxy groups -OCH3 is 1. The quantitative estimate of drug-likeness (QED) is 0.662. The number of benzene rings is 1. The Labute approximate surface area is 178 Å². The summed E-state index contributed by atoms with van der Waals surface area (Å²) < 4.78 is 6.90. The highest BCUT2D eigenvalue weighted by Crippen LogP contribution is 2.39. The fourth-order valence-electron chi connectivity index (χ4n) is 4.71. The third-order valence-electron chi connectivity index (χ3n) is 6.68. The van der Waals surface area contributed by atoms with Crippen molar-refractivity contribution >= 4 is 10.9 Å². The molecule has 1 fully saturated rings. The van der Waals surface area contributed by atoms with Crippen molar-refractivity contribution in [2.24, 2.45) is 7.05 Å². The first-order valence-corrected chi connectivity index (χ1v) is 10.9. The third-order valence-corrected chi connectivity index (χ3v) is 6.68. The normalized spacial score (nSPS) is 15.3. The molecule has 0 radical (unpaired) electrons. The van der Waals surface area contributed by atoms with Gasteiger partial charge in [0.05, 0.1) is 12.3 Å². The number of likely N-dealkylation sites (tertiary alicyclic amines) is 1. The van der Waals surface area contributed by atoms with Crippen LogP contribution in [0, 0.1) is 13.8 Å². The zero-order valence-corrected chi connectivity index (χ0v) is 19.0. The average Bonchev–Trinajstić information content (AvgIpc) is 3.06. The van der Waals surface area contributed by atoms with E-state index in [0.29, 0.717) is 11.8 Å². The topological polar surface area (TPSA) is 50.3 Å².